The molecule has 1 nitrogen and oxygen atoms in total. The van der Waals surface area contributed by atoms with E-state index in [1.54, 1.807) is 0 Å². The van der Waals surface area contributed by atoms with Crippen molar-refractivity contribution in [3.63, 3.8) is 0 Å². The SMILES string of the molecule is CCCCCCC/C=C/CC[NH+](C)C.[Br-]. The van der Waals surface area contributed by atoms with Gasteiger partial charge in [-0.2, -0.15) is 0 Å². The van der Waals surface area contributed by atoms with Crippen LogP contribution in [0.15, 0.2) is 12.2 Å². The van der Waals surface area contributed by atoms with Crippen LogP contribution in [0.2, 0.25) is 0 Å². The average Bonchev–Trinajstić information content (AvgIpc) is 2.15. The summed E-state index contributed by atoms with van der Waals surface area (Å²) in [5, 5.41) is 0. The molecule has 0 saturated carbocycles. The Labute approximate surface area is 107 Å². The zero-order valence-electron chi connectivity index (χ0n) is 10.7. The van der Waals surface area contributed by atoms with Crippen LogP contribution in [0.5, 0.6) is 0 Å². The number of unbranched alkanes of at least 4 members (excludes halogenated alkanes) is 5. The van der Waals surface area contributed by atoms with E-state index in [9.17, 15) is 0 Å². The average molecular weight is 278 g/mol. The molecule has 0 bridgehead atoms. The minimum absolute atomic E-state index is 0. The van der Waals surface area contributed by atoms with Crippen LogP contribution in [0.25, 0.3) is 0 Å². The first-order valence-electron chi connectivity index (χ1n) is 6.21. The van der Waals surface area contributed by atoms with Crippen LogP contribution in [0.4, 0.5) is 0 Å². The summed E-state index contributed by atoms with van der Waals surface area (Å²) in [6, 6.07) is 0. The predicted octanol–water partition coefficient (Wildman–Crippen LogP) is -0.558. The predicted molar refractivity (Wildman–Crippen MR) is 64.8 cm³/mol. The van der Waals surface area contributed by atoms with Crippen molar-refractivity contribution in [3.8, 4) is 0 Å². The third-order valence-electron chi connectivity index (χ3n) is 2.45. The van der Waals surface area contributed by atoms with Crippen molar-refractivity contribution in [2.24, 2.45) is 0 Å². The summed E-state index contributed by atoms with van der Waals surface area (Å²) in [5.74, 6) is 0. The number of rotatable bonds is 9. The topological polar surface area (TPSA) is 4.44 Å². The molecule has 0 aliphatic carbocycles. The van der Waals surface area contributed by atoms with E-state index in [1.807, 2.05) is 0 Å². The van der Waals surface area contributed by atoms with Gasteiger partial charge in [-0.1, -0.05) is 44.8 Å². The fraction of sp³-hybridized carbons (Fsp3) is 0.846. The molecule has 15 heavy (non-hydrogen) atoms. The van der Waals surface area contributed by atoms with E-state index in [-0.39, 0.29) is 17.0 Å². The van der Waals surface area contributed by atoms with Gasteiger partial charge in [0.25, 0.3) is 0 Å². The largest absolute Gasteiger partial charge is 1.00 e. The molecule has 0 atom stereocenters. The van der Waals surface area contributed by atoms with Gasteiger partial charge in [0, 0.05) is 6.42 Å². The van der Waals surface area contributed by atoms with Crippen LogP contribution < -0.4 is 21.9 Å². The van der Waals surface area contributed by atoms with Crippen LogP contribution in [-0.2, 0) is 0 Å². The minimum atomic E-state index is 0. The van der Waals surface area contributed by atoms with Crippen LogP contribution in [0.1, 0.15) is 51.9 Å². The van der Waals surface area contributed by atoms with Gasteiger partial charge in [0.2, 0.25) is 0 Å². The fourth-order valence-electron chi connectivity index (χ4n) is 1.47. The molecule has 0 aliphatic heterocycles. The molecule has 0 saturated heterocycles. The number of allylic oxidation sites excluding steroid dienone is 1. The summed E-state index contributed by atoms with van der Waals surface area (Å²) in [7, 11) is 4.41. The molecule has 0 amide bonds. The number of halogens is 1. The zero-order chi connectivity index (χ0) is 10.6. The maximum Gasteiger partial charge on any atom is 0.0801 e. The Balaban J connectivity index is 0. The molecular formula is C13H28BrN. The molecular weight excluding hydrogens is 250 g/mol. The lowest BCUT2D eigenvalue weighted by Crippen LogP contribution is -3.05. The molecule has 0 radical (unpaired) electrons. The Morgan fingerprint density at radius 2 is 1.47 bits per heavy atom. The Kier molecular flexibility index (Phi) is 16.6. The molecule has 0 aromatic heterocycles. The quantitative estimate of drug-likeness (QED) is 0.426. The lowest BCUT2D eigenvalue weighted by molar-refractivity contribution is -0.857. The van der Waals surface area contributed by atoms with Crippen molar-refractivity contribution in [2.75, 3.05) is 20.6 Å². The standard InChI is InChI=1S/C13H27N.BrH/c1-4-5-6-7-8-9-10-11-12-13-14(2)3;/h10-11H,4-9,12-13H2,1-3H3;1H/b11-10+;. The smallest absolute Gasteiger partial charge is 0.0801 e. The lowest BCUT2D eigenvalue weighted by atomic mass is 10.1. The Morgan fingerprint density at radius 3 is 2.07 bits per heavy atom. The van der Waals surface area contributed by atoms with Crippen molar-refractivity contribution in [1.29, 1.82) is 0 Å². The Morgan fingerprint density at radius 1 is 0.867 bits per heavy atom. The molecule has 0 rings (SSSR count). The van der Waals surface area contributed by atoms with Crippen LogP contribution in [0.3, 0.4) is 0 Å². The highest BCUT2D eigenvalue weighted by Crippen LogP contribution is 2.05. The number of nitrogens with one attached hydrogen (secondary N) is 1. The molecule has 0 aromatic carbocycles. The molecule has 92 valence electrons. The molecule has 1 N–H and O–H groups in total. The molecule has 0 aliphatic rings. The fourth-order valence-corrected chi connectivity index (χ4v) is 1.47. The van der Waals surface area contributed by atoms with E-state index in [0.717, 1.165) is 0 Å². The first-order valence-corrected chi connectivity index (χ1v) is 6.21. The van der Waals surface area contributed by atoms with E-state index < -0.39 is 0 Å². The number of hydrogen-bond acceptors (Lipinski definition) is 0. The number of quaternary nitrogens is 1. The van der Waals surface area contributed by atoms with Gasteiger partial charge in [-0.05, 0) is 12.8 Å². The van der Waals surface area contributed by atoms with Gasteiger partial charge < -0.3 is 21.9 Å². The summed E-state index contributed by atoms with van der Waals surface area (Å²) in [6.45, 7) is 3.52. The second kappa shape index (κ2) is 14.2. The Bertz CT molecular complexity index is 132. The monoisotopic (exact) mass is 277 g/mol. The molecule has 0 heterocycles. The van der Waals surface area contributed by atoms with E-state index in [2.05, 4.69) is 33.2 Å². The summed E-state index contributed by atoms with van der Waals surface area (Å²) in [4.78, 5) is 1.54. The highest BCUT2D eigenvalue weighted by molar-refractivity contribution is 4.80. The van der Waals surface area contributed by atoms with Crippen LogP contribution in [0, 0.1) is 0 Å². The van der Waals surface area contributed by atoms with Crippen molar-refractivity contribution >= 4 is 0 Å². The maximum absolute atomic E-state index is 2.36. The van der Waals surface area contributed by atoms with Crippen molar-refractivity contribution in [1.82, 2.24) is 0 Å². The van der Waals surface area contributed by atoms with E-state index in [4.69, 9.17) is 0 Å². The molecule has 0 aromatic rings. The third-order valence-corrected chi connectivity index (χ3v) is 2.45. The van der Waals surface area contributed by atoms with Gasteiger partial charge in [-0.15, -0.1) is 0 Å². The second-order valence-corrected chi connectivity index (χ2v) is 4.42. The highest BCUT2D eigenvalue weighted by Gasteiger charge is 1.89. The summed E-state index contributed by atoms with van der Waals surface area (Å²) < 4.78 is 0. The third kappa shape index (κ3) is 16.8. The second-order valence-electron chi connectivity index (χ2n) is 4.42. The van der Waals surface area contributed by atoms with Crippen molar-refractivity contribution in [3.05, 3.63) is 12.2 Å². The Hall–Kier alpha value is 0.180. The van der Waals surface area contributed by atoms with E-state index in [0.29, 0.717) is 0 Å². The summed E-state index contributed by atoms with van der Waals surface area (Å²) >= 11 is 0. The molecule has 0 unspecified atom stereocenters. The van der Waals surface area contributed by atoms with Gasteiger partial charge in [0.05, 0.1) is 20.6 Å². The van der Waals surface area contributed by atoms with Gasteiger partial charge in [0.1, 0.15) is 0 Å². The van der Waals surface area contributed by atoms with E-state index >= 15 is 0 Å². The molecule has 0 spiro atoms. The first-order chi connectivity index (χ1) is 6.77. The summed E-state index contributed by atoms with van der Waals surface area (Å²) in [6.07, 6.45) is 14.2. The summed E-state index contributed by atoms with van der Waals surface area (Å²) in [5.41, 5.74) is 0. The molecule has 2 heteroatoms. The van der Waals surface area contributed by atoms with E-state index in [1.165, 1.54) is 56.4 Å². The number of hydrogen-bond donors (Lipinski definition) is 1. The van der Waals surface area contributed by atoms with Gasteiger partial charge in [0.15, 0.2) is 0 Å². The maximum atomic E-state index is 2.36. The van der Waals surface area contributed by atoms with Crippen molar-refractivity contribution < 1.29 is 21.9 Å². The van der Waals surface area contributed by atoms with Gasteiger partial charge in [-0.3, -0.25) is 0 Å². The zero-order valence-corrected chi connectivity index (χ0v) is 12.3. The van der Waals surface area contributed by atoms with Gasteiger partial charge >= 0.3 is 0 Å². The van der Waals surface area contributed by atoms with Crippen LogP contribution >= 0.6 is 0 Å². The normalized spacial score (nSPS) is 10.9. The lowest BCUT2D eigenvalue weighted by Gasteiger charge is -2.03. The van der Waals surface area contributed by atoms with Crippen molar-refractivity contribution in [2.45, 2.75) is 51.9 Å². The minimum Gasteiger partial charge on any atom is -1.00 e. The first kappa shape index (κ1) is 17.6. The molecule has 0 fully saturated rings. The van der Waals surface area contributed by atoms with Crippen LogP contribution in [-0.4, -0.2) is 20.6 Å². The van der Waals surface area contributed by atoms with Gasteiger partial charge in [-0.25, -0.2) is 0 Å². The highest BCUT2D eigenvalue weighted by atomic mass is 79.9.